The van der Waals surface area contributed by atoms with Crippen LogP contribution in [0, 0.1) is 0 Å². The van der Waals surface area contributed by atoms with Crippen molar-refractivity contribution in [3.05, 3.63) is 46.3 Å². The van der Waals surface area contributed by atoms with Crippen LogP contribution in [0.2, 0.25) is 0 Å². The molecule has 0 bridgehead atoms. The topological polar surface area (TPSA) is 0 Å². The quantitative estimate of drug-likeness (QED) is 0.662. The largest absolute Gasteiger partial charge is 0.162 e. The zero-order valence-corrected chi connectivity index (χ0v) is 11.5. The molecule has 0 aromatic carbocycles. The lowest BCUT2D eigenvalue weighted by molar-refractivity contribution is 1.52. The second-order valence-corrected chi connectivity index (χ2v) is 7.76. The molecule has 0 fully saturated rings. The van der Waals surface area contributed by atoms with E-state index in [-0.39, 0.29) is 0 Å². The van der Waals surface area contributed by atoms with Crippen molar-refractivity contribution in [2.75, 3.05) is 11.5 Å². The highest BCUT2D eigenvalue weighted by Gasteiger charge is 2.03. The number of rotatable bonds is 3. The van der Waals surface area contributed by atoms with Gasteiger partial charge in [-0.2, -0.15) is 21.0 Å². The Labute approximate surface area is 103 Å². The van der Waals surface area contributed by atoms with E-state index in [1.165, 1.54) is 22.7 Å². The Balaban J connectivity index is 2.19. The fraction of sp³-hybridized carbons (Fsp3) is 0.286. The molecule has 0 N–H and O–H groups in total. The number of hydrogen-bond donors (Lipinski definition) is 0. The Morgan fingerprint density at radius 1 is 0.812 bits per heavy atom. The number of allylic oxidation sites excluding steroid dienone is 6. The minimum absolute atomic E-state index is 0.373. The summed E-state index contributed by atoms with van der Waals surface area (Å²) >= 11 is 0. The van der Waals surface area contributed by atoms with Gasteiger partial charge in [0.2, 0.25) is 0 Å². The van der Waals surface area contributed by atoms with Gasteiger partial charge in [0.15, 0.2) is 0 Å². The second-order valence-electron chi connectivity index (χ2n) is 3.64. The molecule has 0 spiro atoms. The molecule has 0 amide bonds. The van der Waals surface area contributed by atoms with Gasteiger partial charge in [-0.3, -0.25) is 0 Å². The molecule has 0 nitrogen and oxygen atoms in total. The lowest BCUT2D eigenvalue weighted by Gasteiger charge is -2.11. The third kappa shape index (κ3) is 2.74. The summed E-state index contributed by atoms with van der Waals surface area (Å²) in [5, 5.41) is 9.33. The highest BCUT2D eigenvalue weighted by Crippen LogP contribution is 2.27. The monoisotopic (exact) mass is 250 g/mol. The van der Waals surface area contributed by atoms with Crippen molar-refractivity contribution in [1.29, 1.82) is 0 Å². The van der Waals surface area contributed by atoms with Gasteiger partial charge in [0, 0.05) is 0 Å². The standard InChI is InChI=1S/C14H18S2/c1-3-15-9-5-13(6-10-15)14-7-11-16(4-2)12-8-14/h5-12H,3-4H2,1-2H3. The molecule has 2 heteroatoms. The molecule has 2 rings (SSSR count). The van der Waals surface area contributed by atoms with Gasteiger partial charge in [-0.05, 0) is 68.5 Å². The van der Waals surface area contributed by atoms with Gasteiger partial charge in [0.05, 0.1) is 0 Å². The van der Waals surface area contributed by atoms with Crippen LogP contribution < -0.4 is 0 Å². The fourth-order valence-electron chi connectivity index (χ4n) is 1.61. The molecule has 2 heterocycles. The third-order valence-electron chi connectivity index (χ3n) is 2.69. The van der Waals surface area contributed by atoms with Crippen LogP contribution in [-0.4, -0.2) is 22.2 Å². The molecule has 2 unspecified atom stereocenters. The summed E-state index contributed by atoms with van der Waals surface area (Å²) in [6.45, 7) is 4.48. The van der Waals surface area contributed by atoms with Crippen molar-refractivity contribution in [3.8, 4) is 0 Å². The van der Waals surface area contributed by atoms with E-state index in [0.717, 1.165) is 0 Å². The fourth-order valence-corrected chi connectivity index (χ4v) is 3.85. The maximum atomic E-state index is 2.33. The maximum Gasteiger partial charge on any atom is -0.0107 e. The molecule has 16 heavy (non-hydrogen) atoms. The predicted octanol–water partition coefficient (Wildman–Crippen LogP) is 4.08. The minimum atomic E-state index is 0.373. The van der Waals surface area contributed by atoms with E-state index in [4.69, 9.17) is 0 Å². The SMILES string of the molecule is CCS1=CC=C(C2=CC=S(CC)C=C2)C=C1. The highest BCUT2D eigenvalue weighted by molar-refractivity contribution is 8.18. The molecule has 2 aliphatic heterocycles. The van der Waals surface area contributed by atoms with E-state index in [1.54, 1.807) is 0 Å². The molecule has 0 saturated carbocycles. The summed E-state index contributed by atoms with van der Waals surface area (Å²) in [5.74, 6) is 2.45. The molecule has 86 valence electrons. The Morgan fingerprint density at radius 2 is 1.25 bits per heavy atom. The van der Waals surface area contributed by atoms with Crippen LogP contribution in [-0.2, 0) is 0 Å². The summed E-state index contributed by atoms with van der Waals surface area (Å²) in [7, 11) is 0.746. The van der Waals surface area contributed by atoms with Gasteiger partial charge >= 0.3 is 0 Å². The zero-order chi connectivity index (χ0) is 11.4. The smallest absolute Gasteiger partial charge is 0.0107 e. The lowest BCUT2D eigenvalue weighted by Crippen LogP contribution is -1.92. The first-order valence-electron chi connectivity index (χ1n) is 5.67. The molecule has 0 aromatic rings. The van der Waals surface area contributed by atoms with Gasteiger partial charge in [0.25, 0.3) is 0 Å². The molecule has 0 aliphatic carbocycles. The van der Waals surface area contributed by atoms with E-state index in [2.05, 4.69) is 59.7 Å². The molecule has 0 radical (unpaired) electrons. The molecular weight excluding hydrogens is 232 g/mol. The van der Waals surface area contributed by atoms with Crippen LogP contribution in [0.5, 0.6) is 0 Å². The molecule has 0 saturated heterocycles. The van der Waals surface area contributed by atoms with Crippen LogP contribution in [0.1, 0.15) is 13.8 Å². The average molecular weight is 250 g/mol. The maximum absolute atomic E-state index is 2.33. The van der Waals surface area contributed by atoms with Crippen LogP contribution in [0.25, 0.3) is 0 Å². The van der Waals surface area contributed by atoms with E-state index >= 15 is 0 Å². The second kappa shape index (κ2) is 5.65. The Hall–Kier alpha value is -0.600. The van der Waals surface area contributed by atoms with Gasteiger partial charge in [-0.1, -0.05) is 13.8 Å². The van der Waals surface area contributed by atoms with Crippen molar-refractivity contribution < 1.29 is 0 Å². The summed E-state index contributed by atoms with van der Waals surface area (Å²) < 4.78 is 0. The lowest BCUT2D eigenvalue weighted by atomic mass is 10.1. The normalized spacial score (nSPS) is 27.9. The predicted molar refractivity (Wildman–Crippen MR) is 82.8 cm³/mol. The summed E-state index contributed by atoms with van der Waals surface area (Å²) in [5.41, 5.74) is 2.70. The summed E-state index contributed by atoms with van der Waals surface area (Å²) in [6, 6.07) is 0. The average Bonchev–Trinajstić information content (AvgIpc) is 2.39. The molecule has 2 aliphatic rings. The van der Waals surface area contributed by atoms with Crippen LogP contribution in [0.4, 0.5) is 0 Å². The first-order valence-corrected chi connectivity index (χ1v) is 8.71. The first kappa shape index (κ1) is 11.9. The van der Waals surface area contributed by atoms with E-state index in [1.807, 2.05) is 0 Å². The van der Waals surface area contributed by atoms with Gasteiger partial charge in [-0.25, -0.2) is 0 Å². The van der Waals surface area contributed by atoms with Crippen LogP contribution in [0.3, 0.4) is 0 Å². The van der Waals surface area contributed by atoms with Crippen LogP contribution in [0.15, 0.2) is 46.3 Å². The Morgan fingerprint density at radius 3 is 1.50 bits per heavy atom. The van der Waals surface area contributed by atoms with E-state index in [0.29, 0.717) is 21.0 Å². The van der Waals surface area contributed by atoms with Gasteiger partial charge in [-0.15, -0.1) is 0 Å². The Bertz CT molecular complexity index is 413. The summed E-state index contributed by atoms with van der Waals surface area (Å²) in [4.78, 5) is 0. The minimum Gasteiger partial charge on any atom is -0.162 e. The highest BCUT2D eigenvalue weighted by atomic mass is 32.2. The third-order valence-corrected chi connectivity index (χ3v) is 5.97. The van der Waals surface area contributed by atoms with Crippen molar-refractivity contribution in [2.24, 2.45) is 0 Å². The van der Waals surface area contributed by atoms with E-state index in [9.17, 15) is 0 Å². The molecular formula is C14H18S2. The molecule has 0 aromatic heterocycles. The van der Waals surface area contributed by atoms with Gasteiger partial charge < -0.3 is 0 Å². The van der Waals surface area contributed by atoms with E-state index < -0.39 is 0 Å². The number of hydrogen-bond acceptors (Lipinski definition) is 0. The summed E-state index contributed by atoms with van der Waals surface area (Å²) in [6.07, 6.45) is 9.08. The van der Waals surface area contributed by atoms with Crippen LogP contribution >= 0.6 is 21.0 Å². The molecule has 2 atom stereocenters. The zero-order valence-electron chi connectivity index (χ0n) is 9.85. The van der Waals surface area contributed by atoms with Crippen molar-refractivity contribution >= 4 is 31.7 Å². The van der Waals surface area contributed by atoms with Crippen molar-refractivity contribution in [2.45, 2.75) is 13.8 Å². The van der Waals surface area contributed by atoms with Crippen molar-refractivity contribution in [3.63, 3.8) is 0 Å². The Kier molecular flexibility index (Phi) is 4.19. The van der Waals surface area contributed by atoms with Gasteiger partial charge in [0.1, 0.15) is 0 Å². The van der Waals surface area contributed by atoms with Crippen molar-refractivity contribution in [1.82, 2.24) is 0 Å². The first-order chi connectivity index (χ1) is 7.83.